The molecule has 0 bridgehead atoms. The van der Waals surface area contributed by atoms with Crippen LogP contribution in [0.4, 0.5) is 0 Å². The third-order valence-corrected chi connectivity index (χ3v) is 5.37. The molecule has 0 aliphatic carbocycles. The van der Waals surface area contributed by atoms with Crippen LogP contribution in [0.3, 0.4) is 0 Å². The third kappa shape index (κ3) is 5.79. The van der Waals surface area contributed by atoms with E-state index in [9.17, 15) is 0 Å². The zero-order chi connectivity index (χ0) is 21.5. The molecule has 0 radical (unpaired) electrons. The van der Waals surface area contributed by atoms with Crippen molar-refractivity contribution in [1.29, 1.82) is 0 Å². The van der Waals surface area contributed by atoms with E-state index in [1.807, 2.05) is 4.68 Å². The summed E-state index contributed by atoms with van der Waals surface area (Å²) in [7, 11) is 5.87. The summed E-state index contributed by atoms with van der Waals surface area (Å²) in [5.74, 6) is 2.64. The number of hydrogen-bond acceptors (Lipinski definition) is 5. The van der Waals surface area contributed by atoms with Crippen molar-refractivity contribution in [1.82, 2.24) is 30.3 Å². The number of rotatable bonds is 8. The minimum atomic E-state index is 0.228. The highest BCUT2D eigenvalue weighted by molar-refractivity contribution is 5.80. The largest absolute Gasteiger partial charge is 0.377 e. The summed E-state index contributed by atoms with van der Waals surface area (Å²) < 4.78 is 7.15. The average molecular weight is 414 g/mol. The average Bonchev–Trinajstić information content (AvgIpc) is 3.11. The van der Waals surface area contributed by atoms with Gasteiger partial charge in [-0.2, -0.15) is 5.10 Å². The number of nitrogens with one attached hydrogen (secondary N) is 2. The number of ether oxygens (including phenoxy) is 1. The fourth-order valence-corrected chi connectivity index (χ4v) is 3.72. The van der Waals surface area contributed by atoms with Gasteiger partial charge in [0.05, 0.1) is 19.1 Å². The zero-order valence-electron chi connectivity index (χ0n) is 18.9. The van der Waals surface area contributed by atoms with Crippen LogP contribution in [-0.2, 0) is 24.3 Å². The molecule has 30 heavy (non-hydrogen) atoms. The van der Waals surface area contributed by atoms with E-state index < -0.39 is 0 Å². The third-order valence-electron chi connectivity index (χ3n) is 5.37. The lowest BCUT2D eigenvalue weighted by Crippen LogP contribution is -2.47. The maximum absolute atomic E-state index is 5.16. The van der Waals surface area contributed by atoms with Crippen LogP contribution in [0.15, 0.2) is 29.3 Å². The number of methoxy groups -OCH3 is 1. The molecule has 2 heterocycles. The van der Waals surface area contributed by atoms with Crippen LogP contribution >= 0.6 is 0 Å². The van der Waals surface area contributed by atoms with Gasteiger partial charge in [0.25, 0.3) is 0 Å². The van der Waals surface area contributed by atoms with Gasteiger partial charge in [0.1, 0.15) is 12.4 Å². The molecule has 3 rings (SSSR count). The summed E-state index contributed by atoms with van der Waals surface area (Å²) in [6, 6.07) is 9.21. The Balaban J connectivity index is 1.67. The molecule has 2 unspecified atom stereocenters. The number of aromatic nitrogens is 3. The maximum atomic E-state index is 5.16. The predicted octanol–water partition coefficient (Wildman–Crippen LogP) is 1.91. The molecule has 0 amide bonds. The highest BCUT2D eigenvalue weighted by Gasteiger charge is 2.22. The van der Waals surface area contributed by atoms with Crippen molar-refractivity contribution in [3.05, 3.63) is 47.0 Å². The quantitative estimate of drug-likeness (QED) is 0.508. The van der Waals surface area contributed by atoms with Crippen molar-refractivity contribution < 1.29 is 4.74 Å². The molecular weight excluding hydrogens is 378 g/mol. The summed E-state index contributed by atoms with van der Waals surface area (Å²) in [6.45, 7) is 6.95. The van der Waals surface area contributed by atoms with Crippen molar-refractivity contribution in [2.24, 2.45) is 4.99 Å². The minimum Gasteiger partial charge on any atom is -0.377 e. The van der Waals surface area contributed by atoms with Gasteiger partial charge in [0.2, 0.25) is 0 Å². The first kappa shape index (κ1) is 22.2. The molecule has 8 heteroatoms. The number of aliphatic imine (C=N–C) groups is 1. The van der Waals surface area contributed by atoms with Gasteiger partial charge in [-0.05, 0) is 39.9 Å². The van der Waals surface area contributed by atoms with Gasteiger partial charge in [0, 0.05) is 26.1 Å². The number of hydrogen-bond donors (Lipinski definition) is 2. The van der Waals surface area contributed by atoms with Crippen molar-refractivity contribution in [3.63, 3.8) is 0 Å². The smallest absolute Gasteiger partial charge is 0.191 e. The number of guanidine groups is 1. The molecule has 2 N–H and O–H groups in total. The fourth-order valence-electron chi connectivity index (χ4n) is 3.72. The Hall–Kier alpha value is -2.45. The molecule has 8 nitrogen and oxygen atoms in total. The van der Waals surface area contributed by atoms with Crippen molar-refractivity contribution >= 4 is 5.96 Å². The SMILES string of the molecule is CCNC(=NCC(c1ccc(C)cc1)N(C)C)NC1CCc2nc(COC)nn2C1. The van der Waals surface area contributed by atoms with Crippen LogP contribution in [-0.4, -0.2) is 66.0 Å². The van der Waals surface area contributed by atoms with Gasteiger partial charge in [-0.15, -0.1) is 0 Å². The zero-order valence-corrected chi connectivity index (χ0v) is 18.9. The van der Waals surface area contributed by atoms with Crippen LogP contribution in [0.1, 0.15) is 42.2 Å². The Morgan fingerprint density at radius 1 is 1.33 bits per heavy atom. The summed E-state index contributed by atoms with van der Waals surface area (Å²) in [6.07, 6.45) is 1.90. The first-order valence-electron chi connectivity index (χ1n) is 10.7. The van der Waals surface area contributed by atoms with E-state index in [-0.39, 0.29) is 12.1 Å². The van der Waals surface area contributed by atoms with E-state index in [1.54, 1.807) is 7.11 Å². The standard InChI is InChI=1S/C22H35N7O/c1-6-23-22(24-13-19(28(3)4)17-9-7-16(2)8-10-17)25-18-11-12-21-26-20(15-30-5)27-29(21)14-18/h7-10,18-19H,6,11-15H2,1-5H3,(H2,23,24,25). The van der Waals surface area contributed by atoms with E-state index >= 15 is 0 Å². The van der Waals surface area contributed by atoms with E-state index in [0.29, 0.717) is 13.2 Å². The second-order valence-electron chi connectivity index (χ2n) is 8.05. The number of likely N-dealkylation sites (N-methyl/N-ethyl adjacent to an activating group) is 1. The molecule has 0 spiro atoms. The van der Waals surface area contributed by atoms with Gasteiger partial charge < -0.3 is 20.3 Å². The van der Waals surface area contributed by atoms with Crippen molar-refractivity contribution in [2.75, 3.05) is 34.3 Å². The molecule has 1 aliphatic rings. The van der Waals surface area contributed by atoms with Gasteiger partial charge in [-0.1, -0.05) is 29.8 Å². The number of aryl methyl sites for hydroxylation is 2. The normalized spacial score (nSPS) is 17.7. The molecule has 0 fully saturated rings. The molecular formula is C22H35N7O. The molecule has 164 valence electrons. The Morgan fingerprint density at radius 2 is 2.10 bits per heavy atom. The molecule has 0 saturated carbocycles. The first-order chi connectivity index (χ1) is 14.5. The minimum absolute atomic E-state index is 0.228. The predicted molar refractivity (Wildman–Crippen MR) is 120 cm³/mol. The Labute approximate surface area is 179 Å². The van der Waals surface area contributed by atoms with Crippen molar-refractivity contribution in [3.8, 4) is 0 Å². The van der Waals surface area contributed by atoms with E-state index in [0.717, 1.165) is 43.5 Å². The summed E-state index contributed by atoms with van der Waals surface area (Å²) in [5, 5.41) is 11.5. The lowest BCUT2D eigenvalue weighted by atomic mass is 10.0. The first-order valence-corrected chi connectivity index (χ1v) is 10.7. The lowest BCUT2D eigenvalue weighted by molar-refractivity contribution is 0.177. The van der Waals surface area contributed by atoms with E-state index in [2.05, 4.69) is 77.8 Å². The van der Waals surface area contributed by atoms with E-state index in [4.69, 9.17) is 9.73 Å². The maximum Gasteiger partial charge on any atom is 0.191 e. The Kier molecular flexibility index (Phi) is 7.81. The van der Waals surface area contributed by atoms with Gasteiger partial charge in [-0.25, -0.2) is 9.67 Å². The van der Waals surface area contributed by atoms with Gasteiger partial charge >= 0.3 is 0 Å². The molecule has 1 aromatic carbocycles. The number of fused-ring (bicyclic) bond motifs is 1. The second-order valence-corrected chi connectivity index (χ2v) is 8.05. The van der Waals surface area contributed by atoms with E-state index in [1.165, 1.54) is 11.1 Å². The fraction of sp³-hybridized carbons (Fsp3) is 0.591. The molecule has 0 saturated heterocycles. The molecule has 2 atom stereocenters. The van der Waals surface area contributed by atoms with Crippen LogP contribution in [0.25, 0.3) is 0 Å². The van der Waals surface area contributed by atoms with Crippen molar-refractivity contribution in [2.45, 2.75) is 51.9 Å². The molecule has 1 aromatic heterocycles. The monoisotopic (exact) mass is 413 g/mol. The van der Waals surface area contributed by atoms with Crippen LogP contribution in [0, 0.1) is 6.92 Å². The van der Waals surface area contributed by atoms with Gasteiger partial charge in [-0.3, -0.25) is 4.99 Å². The highest BCUT2D eigenvalue weighted by Crippen LogP contribution is 2.19. The lowest BCUT2D eigenvalue weighted by Gasteiger charge is -2.27. The molecule has 1 aliphatic heterocycles. The highest BCUT2D eigenvalue weighted by atomic mass is 16.5. The van der Waals surface area contributed by atoms with Crippen LogP contribution in [0.2, 0.25) is 0 Å². The second kappa shape index (κ2) is 10.5. The topological polar surface area (TPSA) is 79.6 Å². The summed E-state index contributed by atoms with van der Waals surface area (Å²) in [5.41, 5.74) is 2.55. The number of nitrogens with zero attached hydrogens (tertiary/aromatic N) is 5. The summed E-state index contributed by atoms with van der Waals surface area (Å²) >= 11 is 0. The summed E-state index contributed by atoms with van der Waals surface area (Å²) in [4.78, 5) is 11.7. The number of benzene rings is 1. The van der Waals surface area contributed by atoms with Gasteiger partial charge in [0.15, 0.2) is 11.8 Å². The Bertz CT molecular complexity index is 829. The molecule has 2 aromatic rings. The van der Waals surface area contributed by atoms with Crippen LogP contribution < -0.4 is 10.6 Å². The Morgan fingerprint density at radius 3 is 2.77 bits per heavy atom. The van der Waals surface area contributed by atoms with Crippen LogP contribution in [0.5, 0.6) is 0 Å².